The summed E-state index contributed by atoms with van der Waals surface area (Å²) in [5.41, 5.74) is 2.93. The van der Waals surface area contributed by atoms with Crippen LogP contribution in [-0.4, -0.2) is 27.4 Å². The molecule has 0 atom stereocenters. The van der Waals surface area contributed by atoms with Crippen molar-refractivity contribution in [2.45, 2.75) is 12.8 Å². The van der Waals surface area contributed by atoms with Crippen molar-refractivity contribution in [1.82, 2.24) is 20.3 Å². The smallest absolute Gasteiger partial charge is 0.251 e. The fourth-order valence-electron chi connectivity index (χ4n) is 1.65. The fraction of sp³-hybridized carbons (Fsp3) is 0.250. The lowest BCUT2D eigenvalue weighted by molar-refractivity contribution is 0.0953. The Kier molecular flexibility index (Phi) is 4.46. The number of hydrogen-bond donors (Lipinski definition) is 4. The zero-order chi connectivity index (χ0) is 13.5. The van der Waals surface area contributed by atoms with E-state index in [1.165, 1.54) is 6.20 Å². The van der Waals surface area contributed by atoms with Gasteiger partial charge in [-0.2, -0.15) is 0 Å². The first-order valence-corrected chi connectivity index (χ1v) is 5.98. The molecule has 0 bridgehead atoms. The molecule has 0 radical (unpaired) electrons. The number of anilines is 1. The maximum absolute atomic E-state index is 11.8. The van der Waals surface area contributed by atoms with Crippen LogP contribution in [0.2, 0.25) is 0 Å². The summed E-state index contributed by atoms with van der Waals surface area (Å²) < 4.78 is 0. The predicted octanol–water partition coefficient (Wildman–Crippen LogP) is 0.453. The average Bonchev–Trinajstić information content (AvgIpc) is 2.96. The van der Waals surface area contributed by atoms with Gasteiger partial charge < -0.3 is 15.7 Å². The number of hydrazine groups is 1. The molecule has 100 valence electrons. The molecule has 7 heteroatoms. The first-order chi connectivity index (χ1) is 9.29. The summed E-state index contributed by atoms with van der Waals surface area (Å²) in [5, 5.41) is 2.84. The van der Waals surface area contributed by atoms with E-state index in [9.17, 15) is 4.79 Å². The van der Waals surface area contributed by atoms with Gasteiger partial charge in [0.1, 0.15) is 11.6 Å². The number of nitrogen functional groups attached to an aromatic ring is 1. The van der Waals surface area contributed by atoms with Gasteiger partial charge in [-0.15, -0.1) is 0 Å². The number of H-pyrrole nitrogens is 1. The SMILES string of the molecule is NNc1cc(C(=O)NCCCc2ncc[nH]2)ccn1. The zero-order valence-electron chi connectivity index (χ0n) is 10.4. The van der Waals surface area contributed by atoms with E-state index in [-0.39, 0.29) is 5.91 Å². The monoisotopic (exact) mass is 260 g/mol. The molecular formula is C12H16N6O. The Hall–Kier alpha value is -2.41. The van der Waals surface area contributed by atoms with E-state index in [0.29, 0.717) is 17.9 Å². The quantitative estimate of drug-likeness (QED) is 0.342. The highest BCUT2D eigenvalue weighted by Gasteiger charge is 2.05. The molecule has 0 aliphatic carbocycles. The lowest BCUT2D eigenvalue weighted by atomic mass is 10.2. The van der Waals surface area contributed by atoms with Gasteiger partial charge in [-0.3, -0.25) is 4.79 Å². The molecular weight excluding hydrogens is 244 g/mol. The van der Waals surface area contributed by atoms with Crippen LogP contribution in [0.25, 0.3) is 0 Å². The van der Waals surface area contributed by atoms with Crippen LogP contribution in [0, 0.1) is 0 Å². The minimum absolute atomic E-state index is 0.140. The lowest BCUT2D eigenvalue weighted by Crippen LogP contribution is -2.25. The summed E-state index contributed by atoms with van der Waals surface area (Å²) in [6, 6.07) is 3.24. The largest absolute Gasteiger partial charge is 0.352 e. The molecule has 19 heavy (non-hydrogen) atoms. The van der Waals surface area contributed by atoms with Crippen LogP contribution in [0.1, 0.15) is 22.6 Å². The van der Waals surface area contributed by atoms with E-state index < -0.39 is 0 Å². The van der Waals surface area contributed by atoms with Gasteiger partial charge in [0.15, 0.2) is 0 Å². The Morgan fingerprint density at radius 2 is 2.26 bits per heavy atom. The Bertz CT molecular complexity index is 525. The van der Waals surface area contributed by atoms with Crippen LogP contribution in [-0.2, 0) is 6.42 Å². The molecule has 0 aliphatic heterocycles. The number of amides is 1. The lowest BCUT2D eigenvalue weighted by Gasteiger charge is -2.05. The normalized spacial score (nSPS) is 10.2. The number of aryl methyl sites for hydroxylation is 1. The van der Waals surface area contributed by atoms with Gasteiger partial charge in [0.2, 0.25) is 0 Å². The molecule has 2 rings (SSSR count). The van der Waals surface area contributed by atoms with E-state index in [2.05, 4.69) is 25.7 Å². The van der Waals surface area contributed by atoms with Crippen LogP contribution in [0.15, 0.2) is 30.7 Å². The van der Waals surface area contributed by atoms with Gasteiger partial charge in [0.25, 0.3) is 5.91 Å². The molecule has 2 heterocycles. The van der Waals surface area contributed by atoms with E-state index >= 15 is 0 Å². The van der Waals surface area contributed by atoms with E-state index in [4.69, 9.17) is 5.84 Å². The Balaban J connectivity index is 1.77. The number of carbonyl (C=O) groups is 1. The van der Waals surface area contributed by atoms with Crippen LogP contribution in [0.3, 0.4) is 0 Å². The van der Waals surface area contributed by atoms with Crippen LogP contribution in [0.4, 0.5) is 5.82 Å². The van der Waals surface area contributed by atoms with Crippen molar-refractivity contribution in [1.29, 1.82) is 0 Å². The van der Waals surface area contributed by atoms with Crippen molar-refractivity contribution in [2.75, 3.05) is 12.0 Å². The number of nitrogens with zero attached hydrogens (tertiary/aromatic N) is 2. The highest BCUT2D eigenvalue weighted by molar-refractivity contribution is 5.94. The maximum Gasteiger partial charge on any atom is 0.251 e. The minimum Gasteiger partial charge on any atom is -0.352 e. The van der Waals surface area contributed by atoms with Gasteiger partial charge in [-0.25, -0.2) is 15.8 Å². The number of imidazole rings is 1. The van der Waals surface area contributed by atoms with E-state index in [1.54, 1.807) is 24.5 Å². The maximum atomic E-state index is 11.8. The summed E-state index contributed by atoms with van der Waals surface area (Å²) in [6.45, 7) is 0.591. The van der Waals surface area contributed by atoms with Crippen molar-refractivity contribution in [3.63, 3.8) is 0 Å². The third-order valence-corrected chi connectivity index (χ3v) is 2.60. The van der Waals surface area contributed by atoms with Crippen molar-refractivity contribution >= 4 is 11.7 Å². The number of carbonyl (C=O) groups excluding carboxylic acids is 1. The number of hydrogen-bond acceptors (Lipinski definition) is 5. The zero-order valence-corrected chi connectivity index (χ0v) is 10.4. The molecule has 0 unspecified atom stereocenters. The van der Waals surface area contributed by atoms with Gasteiger partial charge in [-0.1, -0.05) is 0 Å². The second-order valence-corrected chi connectivity index (χ2v) is 3.97. The fourth-order valence-corrected chi connectivity index (χ4v) is 1.65. The van der Waals surface area contributed by atoms with E-state index in [1.807, 2.05) is 0 Å². The third-order valence-electron chi connectivity index (χ3n) is 2.60. The summed E-state index contributed by atoms with van der Waals surface area (Å²) in [6.07, 6.45) is 6.66. The molecule has 0 aliphatic rings. The number of aromatic amines is 1. The summed E-state index contributed by atoms with van der Waals surface area (Å²) >= 11 is 0. The highest BCUT2D eigenvalue weighted by Crippen LogP contribution is 2.05. The standard InChI is InChI=1S/C12H16N6O/c13-18-11-8-9(3-5-14-11)12(19)17-4-1-2-10-15-6-7-16-10/h3,5-8H,1-2,4,13H2,(H,14,18)(H,15,16)(H,17,19). The molecule has 7 nitrogen and oxygen atoms in total. The molecule has 0 saturated carbocycles. The highest BCUT2D eigenvalue weighted by atomic mass is 16.1. The van der Waals surface area contributed by atoms with Gasteiger partial charge in [0, 0.05) is 37.1 Å². The Morgan fingerprint density at radius 1 is 1.37 bits per heavy atom. The minimum atomic E-state index is -0.140. The first kappa shape index (κ1) is 13.0. The van der Waals surface area contributed by atoms with Gasteiger partial charge >= 0.3 is 0 Å². The van der Waals surface area contributed by atoms with Gasteiger partial charge in [0.05, 0.1) is 0 Å². The second kappa shape index (κ2) is 6.50. The molecule has 1 amide bonds. The average molecular weight is 260 g/mol. The van der Waals surface area contributed by atoms with Crippen LogP contribution >= 0.6 is 0 Å². The molecule has 0 fully saturated rings. The predicted molar refractivity (Wildman–Crippen MR) is 71.3 cm³/mol. The Labute approximate surface area is 110 Å². The number of aromatic nitrogens is 3. The number of nitrogens with two attached hydrogens (primary N) is 1. The van der Waals surface area contributed by atoms with Crippen LogP contribution < -0.4 is 16.6 Å². The summed E-state index contributed by atoms with van der Waals surface area (Å²) in [7, 11) is 0. The molecule has 0 saturated heterocycles. The van der Waals surface area contributed by atoms with Crippen molar-refractivity contribution in [2.24, 2.45) is 5.84 Å². The first-order valence-electron chi connectivity index (χ1n) is 5.98. The molecule has 0 aromatic carbocycles. The van der Waals surface area contributed by atoms with Gasteiger partial charge in [-0.05, 0) is 18.6 Å². The number of rotatable bonds is 6. The number of pyridine rings is 1. The molecule has 5 N–H and O–H groups in total. The summed E-state index contributed by atoms with van der Waals surface area (Å²) in [5.74, 6) is 6.48. The van der Waals surface area contributed by atoms with Crippen molar-refractivity contribution in [3.8, 4) is 0 Å². The molecule has 2 aromatic heterocycles. The van der Waals surface area contributed by atoms with Crippen molar-refractivity contribution < 1.29 is 4.79 Å². The second-order valence-electron chi connectivity index (χ2n) is 3.97. The Morgan fingerprint density at radius 3 is 3.00 bits per heavy atom. The van der Waals surface area contributed by atoms with Crippen LogP contribution in [0.5, 0.6) is 0 Å². The summed E-state index contributed by atoms with van der Waals surface area (Å²) in [4.78, 5) is 22.9. The topological polar surface area (TPSA) is 109 Å². The van der Waals surface area contributed by atoms with E-state index in [0.717, 1.165) is 18.7 Å². The molecule has 0 spiro atoms. The third kappa shape index (κ3) is 3.78. The molecule has 2 aromatic rings. The van der Waals surface area contributed by atoms with Crippen molar-refractivity contribution in [3.05, 3.63) is 42.1 Å². The number of nitrogens with one attached hydrogen (secondary N) is 3.